The summed E-state index contributed by atoms with van der Waals surface area (Å²) < 4.78 is 10.6. The van der Waals surface area contributed by atoms with Crippen molar-refractivity contribution in [3.63, 3.8) is 0 Å². The van der Waals surface area contributed by atoms with E-state index in [9.17, 15) is 9.59 Å². The molecule has 1 aliphatic rings. The Morgan fingerprint density at radius 2 is 2.22 bits per heavy atom. The van der Waals surface area contributed by atoms with Gasteiger partial charge in [0.1, 0.15) is 0 Å². The van der Waals surface area contributed by atoms with E-state index >= 15 is 0 Å². The van der Waals surface area contributed by atoms with Gasteiger partial charge in [-0.15, -0.1) is 0 Å². The zero-order chi connectivity index (χ0) is 16.8. The highest BCUT2D eigenvalue weighted by atomic mass is 16.5. The van der Waals surface area contributed by atoms with Crippen LogP contribution in [0, 0.1) is 0 Å². The number of nitrogens with zero attached hydrogens (tertiary/aromatic N) is 2. The van der Waals surface area contributed by atoms with Crippen LogP contribution in [0.15, 0.2) is 18.3 Å². The fourth-order valence-electron chi connectivity index (χ4n) is 3.00. The third-order valence-electron chi connectivity index (χ3n) is 4.16. The summed E-state index contributed by atoms with van der Waals surface area (Å²) in [6, 6.07) is 3.11. The number of hydrogen-bond acceptors (Lipinski definition) is 5. The van der Waals surface area contributed by atoms with E-state index in [0.717, 1.165) is 12.8 Å². The van der Waals surface area contributed by atoms with Gasteiger partial charge in [-0.25, -0.2) is 4.98 Å². The third kappa shape index (κ3) is 4.19. The summed E-state index contributed by atoms with van der Waals surface area (Å²) in [6.07, 6.45) is 3.91. The highest BCUT2D eigenvalue weighted by Crippen LogP contribution is 2.26. The van der Waals surface area contributed by atoms with Gasteiger partial charge in [0.15, 0.2) is 0 Å². The number of rotatable bonds is 6. The van der Waals surface area contributed by atoms with E-state index in [2.05, 4.69) is 4.98 Å². The minimum atomic E-state index is -0.372. The molecule has 7 heteroatoms. The van der Waals surface area contributed by atoms with Crippen molar-refractivity contribution in [1.82, 2.24) is 9.88 Å². The van der Waals surface area contributed by atoms with Gasteiger partial charge in [0.25, 0.3) is 5.91 Å². The van der Waals surface area contributed by atoms with Gasteiger partial charge in [0.05, 0.1) is 19.3 Å². The molecule has 0 bridgehead atoms. The van der Waals surface area contributed by atoms with Gasteiger partial charge in [-0.05, 0) is 25.3 Å². The van der Waals surface area contributed by atoms with Crippen LogP contribution in [-0.2, 0) is 9.53 Å². The quantitative estimate of drug-likeness (QED) is 0.842. The number of carbonyl (C=O) groups is 2. The van der Waals surface area contributed by atoms with E-state index in [1.54, 1.807) is 30.3 Å². The maximum absolute atomic E-state index is 12.9. The maximum atomic E-state index is 12.9. The molecule has 1 fully saturated rings. The monoisotopic (exact) mass is 321 g/mol. The van der Waals surface area contributed by atoms with Crippen molar-refractivity contribution in [3.05, 3.63) is 23.9 Å². The van der Waals surface area contributed by atoms with Crippen LogP contribution < -0.4 is 10.5 Å². The lowest BCUT2D eigenvalue weighted by Gasteiger charge is -2.40. The maximum Gasteiger partial charge on any atom is 0.254 e. The van der Waals surface area contributed by atoms with Crippen molar-refractivity contribution in [1.29, 1.82) is 0 Å². The average Bonchev–Trinajstić information content (AvgIpc) is 2.58. The van der Waals surface area contributed by atoms with Gasteiger partial charge >= 0.3 is 0 Å². The lowest BCUT2D eigenvalue weighted by atomic mass is 9.93. The lowest BCUT2D eigenvalue weighted by molar-refractivity contribution is -0.118. The number of ether oxygens (including phenoxy) is 2. The molecule has 23 heavy (non-hydrogen) atoms. The van der Waals surface area contributed by atoms with Gasteiger partial charge in [-0.3, -0.25) is 9.59 Å². The summed E-state index contributed by atoms with van der Waals surface area (Å²) in [7, 11) is 3.14. The first-order valence-corrected chi connectivity index (χ1v) is 7.69. The van der Waals surface area contributed by atoms with E-state index < -0.39 is 0 Å². The molecule has 2 heterocycles. The minimum Gasteiger partial charge on any atom is -0.481 e. The Kier molecular flexibility index (Phi) is 5.92. The summed E-state index contributed by atoms with van der Waals surface area (Å²) >= 11 is 0. The van der Waals surface area contributed by atoms with Crippen molar-refractivity contribution in [2.45, 2.75) is 37.8 Å². The van der Waals surface area contributed by atoms with Crippen LogP contribution in [0.4, 0.5) is 0 Å². The number of hydrogen-bond donors (Lipinski definition) is 1. The number of likely N-dealkylation sites (tertiary alicyclic amines) is 1. The largest absolute Gasteiger partial charge is 0.481 e. The molecule has 0 saturated carbocycles. The number of pyridine rings is 1. The van der Waals surface area contributed by atoms with Gasteiger partial charge < -0.3 is 20.1 Å². The normalized spacial score (nSPS) is 21.0. The first-order chi connectivity index (χ1) is 11.1. The fourth-order valence-corrected chi connectivity index (χ4v) is 3.00. The van der Waals surface area contributed by atoms with Gasteiger partial charge in [-0.2, -0.15) is 0 Å². The first kappa shape index (κ1) is 17.2. The Bertz CT molecular complexity index is 564. The van der Waals surface area contributed by atoms with E-state index in [-0.39, 0.29) is 30.4 Å². The Balaban J connectivity index is 2.21. The molecule has 2 atom stereocenters. The second-order valence-electron chi connectivity index (χ2n) is 5.57. The minimum absolute atomic E-state index is 0.0872. The van der Waals surface area contributed by atoms with Crippen molar-refractivity contribution >= 4 is 11.8 Å². The Hall–Kier alpha value is -2.15. The molecular formula is C16H23N3O4. The first-order valence-electron chi connectivity index (χ1n) is 7.69. The van der Waals surface area contributed by atoms with Crippen LogP contribution in [0.1, 0.15) is 36.0 Å². The molecule has 0 aromatic carbocycles. The number of primary amides is 1. The van der Waals surface area contributed by atoms with Crippen LogP contribution >= 0.6 is 0 Å². The molecule has 7 nitrogen and oxygen atoms in total. The van der Waals surface area contributed by atoms with Crippen molar-refractivity contribution in [2.24, 2.45) is 5.73 Å². The van der Waals surface area contributed by atoms with Crippen LogP contribution in [0.3, 0.4) is 0 Å². The van der Waals surface area contributed by atoms with Gasteiger partial charge in [0, 0.05) is 37.9 Å². The van der Waals surface area contributed by atoms with E-state index in [1.165, 1.54) is 7.11 Å². The molecular weight excluding hydrogens is 298 g/mol. The van der Waals surface area contributed by atoms with Gasteiger partial charge in [-0.1, -0.05) is 0 Å². The Labute approximate surface area is 135 Å². The van der Waals surface area contributed by atoms with Gasteiger partial charge in [0.2, 0.25) is 11.8 Å². The second-order valence-corrected chi connectivity index (χ2v) is 5.57. The van der Waals surface area contributed by atoms with E-state index in [0.29, 0.717) is 24.4 Å². The zero-order valence-electron chi connectivity index (χ0n) is 13.5. The molecule has 0 aliphatic carbocycles. The highest BCUT2D eigenvalue weighted by molar-refractivity contribution is 5.94. The molecule has 1 aromatic heterocycles. The highest BCUT2D eigenvalue weighted by Gasteiger charge is 2.35. The van der Waals surface area contributed by atoms with Crippen molar-refractivity contribution in [3.8, 4) is 5.88 Å². The molecule has 0 radical (unpaired) electrons. The fraction of sp³-hybridized carbons (Fsp3) is 0.562. The Morgan fingerprint density at radius 3 is 2.87 bits per heavy atom. The van der Waals surface area contributed by atoms with Crippen LogP contribution in [0.25, 0.3) is 0 Å². The standard InChI is InChI=1S/C16H23N3O4/c1-22-13-4-3-9-19(12(13)5-6-14(17)20)16(21)11-7-8-18-15(10-11)23-2/h7-8,10,12-13H,3-6,9H2,1-2H3,(H2,17,20)/t12-,13-/m0/s1. The summed E-state index contributed by atoms with van der Waals surface area (Å²) in [6.45, 7) is 0.632. The third-order valence-corrected chi connectivity index (χ3v) is 4.16. The zero-order valence-corrected chi connectivity index (χ0v) is 13.5. The average molecular weight is 321 g/mol. The Morgan fingerprint density at radius 1 is 1.43 bits per heavy atom. The molecule has 1 saturated heterocycles. The predicted molar refractivity (Wildman–Crippen MR) is 84.1 cm³/mol. The van der Waals surface area contributed by atoms with Crippen LogP contribution in [0.5, 0.6) is 5.88 Å². The van der Waals surface area contributed by atoms with E-state index in [4.69, 9.17) is 15.2 Å². The number of methoxy groups -OCH3 is 2. The topological polar surface area (TPSA) is 94.7 Å². The summed E-state index contributed by atoms with van der Waals surface area (Å²) in [4.78, 5) is 29.8. The predicted octanol–water partition coefficient (Wildman–Crippen LogP) is 0.975. The molecule has 1 aromatic rings. The number of nitrogens with two attached hydrogens (primary N) is 1. The summed E-state index contributed by atoms with van der Waals surface area (Å²) in [5.41, 5.74) is 5.77. The number of carbonyl (C=O) groups excluding carboxylic acids is 2. The molecule has 2 rings (SSSR count). The lowest BCUT2D eigenvalue weighted by Crippen LogP contribution is -2.51. The van der Waals surface area contributed by atoms with Crippen LogP contribution in [-0.4, -0.2) is 54.6 Å². The molecule has 0 unspecified atom stereocenters. The number of aromatic nitrogens is 1. The molecule has 126 valence electrons. The van der Waals surface area contributed by atoms with E-state index in [1.807, 2.05) is 0 Å². The molecule has 1 aliphatic heterocycles. The molecule has 2 N–H and O–H groups in total. The number of amides is 2. The number of piperidine rings is 1. The van der Waals surface area contributed by atoms with Crippen molar-refractivity contribution in [2.75, 3.05) is 20.8 Å². The smallest absolute Gasteiger partial charge is 0.254 e. The summed E-state index contributed by atoms with van der Waals surface area (Å²) in [5.74, 6) is -0.0878. The van der Waals surface area contributed by atoms with Crippen molar-refractivity contribution < 1.29 is 19.1 Å². The SMILES string of the molecule is COc1cc(C(=O)N2CCC[C@H](OC)[C@@H]2CCC(N)=O)ccn1. The molecule has 0 spiro atoms. The summed E-state index contributed by atoms with van der Waals surface area (Å²) in [5, 5.41) is 0. The van der Waals surface area contributed by atoms with Crippen LogP contribution in [0.2, 0.25) is 0 Å². The molecule has 2 amide bonds. The second kappa shape index (κ2) is 7.92.